The van der Waals surface area contributed by atoms with E-state index in [1.807, 2.05) is 46.8 Å². The number of amides is 1. The fraction of sp³-hybridized carbons (Fsp3) is 0.462. The highest BCUT2D eigenvalue weighted by atomic mass is 16.5. The molecule has 1 aromatic carbocycles. The first-order chi connectivity index (χ1) is 16.2. The Morgan fingerprint density at radius 1 is 1.12 bits per heavy atom. The van der Waals surface area contributed by atoms with E-state index in [9.17, 15) is 9.59 Å². The molecular formula is C26H33N5O3. The van der Waals surface area contributed by atoms with Crippen molar-refractivity contribution in [1.29, 1.82) is 0 Å². The second kappa shape index (κ2) is 9.83. The normalized spacial score (nSPS) is 13.8. The monoisotopic (exact) mass is 463 g/mol. The van der Waals surface area contributed by atoms with Crippen LogP contribution >= 0.6 is 0 Å². The van der Waals surface area contributed by atoms with Crippen molar-refractivity contribution < 1.29 is 14.3 Å². The van der Waals surface area contributed by atoms with Crippen LogP contribution in [0.2, 0.25) is 0 Å². The van der Waals surface area contributed by atoms with Gasteiger partial charge in [-0.15, -0.1) is 0 Å². The molecular weight excluding hydrogens is 430 g/mol. The summed E-state index contributed by atoms with van der Waals surface area (Å²) in [6.07, 6.45) is 4.06. The molecule has 1 aliphatic rings. The van der Waals surface area contributed by atoms with E-state index < -0.39 is 5.97 Å². The summed E-state index contributed by atoms with van der Waals surface area (Å²) in [6, 6.07) is 7.85. The minimum absolute atomic E-state index is 0.0992. The number of pyridine rings is 1. The Morgan fingerprint density at radius 3 is 2.50 bits per heavy atom. The molecule has 0 spiro atoms. The van der Waals surface area contributed by atoms with Gasteiger partial charge < -0.3 is 15.0 Å². The van der Waals surface area contributed by atoms with Crippen molar-refractivity contribution >= 4 is 34.3 Å². The van der Waals surface area contributed by atoms with Crippen LogP contribution in [0.4, 0.5) is 11.4 Å². The third-order valence-corrected chi connectivity index (χ3v) is 6.18. The van der Waals surface area contributed by atoms with E-state index in [4.69, 9.17) is 9.72 Å². The van der Waals surface area contributed by atoms with Gasteiger partial charge >= 0.3 is 5.97 Å². The Morgan fingerprint density at radius 2 is 1.85 bits per heavy atom. The van der Waals surface area contributed by atoms with E-state index in [2.05, 4.69) is 21.4 Å². The molecule has 1 fully saturated rings. The predicted molar refractivity (Wildman–Crippen MR) is 134 cm³/mol. The molecule has 0 saturated carbocycles. The maximum Gasteiger partial charge on any atom is 0.339 e. The lowest BCUT2D eigenvalue weighted by atomic mass is 10.1. The van der Waals surface area contributed by atoms with Crippen LogP contribution in [0.3, 0.4) is 0 Å². The van der Waals surface area contributed by atoms with Crippen LogP contribution in [0.5, 0.6) is 0 Å². The molecule has 2 aromatic heterocycles. The van der Waals surface area contributed by atoms with E-state index in [0.29, 0.717) is 16.6 Å². The van der Waals surface area contributed by atoms with Gasteiger partial charge in [0, 0.05) is 36.2 Å². The van der Waals surface area contributed by atoms with E-state index >= 15 is 0 Å². The maximum atomic E-state index is 13.0. The number of nitrogens with zero attached hydrogens (tertiary/aromatic N) is 4. The number of hydrogen-bond donors (Lipinski definition) is 1. The Kier molecular flexibility index (Phi) is 6.86. The van der Waals surface area contributed by atoms with Gasteiger partial charge in [-0.1, -0.05) is 13.8 Å². The summed E-state index contributed by atoms with van der Waals surface area (Å²) in [6.45, 7) is 11.8. The van der Waals surface area contributed by atoms with Gasteiger partial charge in [0.05, 0.1) is 17.1 Å². The third kappa shape index (κ3) is 4.90. The number of anilines is 2. The fourth-order valence-electron chi connectivity index (χ4n) is 4.24. The van der Waals surface area contributed by atoms with Gasteiger partial charge in [0.2, 0.25) is 0 Å². The Labute approximate surface area is 200 Å². The summed E-state index contributed by atoms with van der Waals surface area (Å²) in [7, 11) is 0. The van der Waals surface area contributed by atoms with E-state index in [-0.39, 0.29) is 24.5 Å². The van der Waals surface area contributed by atoms with Crippen LogP contribution in [0, 0.1) is 6.92 Å². The minimum atomic E-state index is -0.561. The number of aromatic nitrogens is 3. The second-order valence-corrected chi connectivity index (χ2v) is 9.49. The number of esters is 1. The summed E-state index contributed by atoms with van der Waals surface area (Å²) >= 11 is 0. The summed E-state index contributed by atoms with van der Waals surface area (Å²) in [5.41, 5.74) is 4.66. The van der Waals surface area contributed by atoms with Crippen molar-refractivity contribution in [3.63, 3.8) is 0 Å². The van der Waals surface area contributed by atoms with Crippen molar-refractivity contribution in [1.82, 2.24) is 14.8 Å². The van der Waals surface area contributed by atoms with E-state index in [1.165, 1.54) is 18.5 Å². The first-order valence-corrected chi connectivity index (χ1v) is 12.0. The van der Waals surface area contributed by atoms with Crippen molar-refractivity contribution in [2.75, 3.05) is 29.9 Å². The lowest BCUT2D eigenvalue weighted by Gasteiger charge is -2.19. The fourth-order valence-corrected chi connectivity index (χ4v) is 4.24. The number of fused-ring (bicyclic) bond motifs is 1. The number of rotatable bonds is 7. The molecule has 1 aliphatic heterocycles. The zero-order chi connectivity index (χ0) is 24.4. The quantitative estimate of drug-likeness (QED) is 0.505. The van der Waals surface area contributed by atoms with Gasteiger partial charge in [-0.2, -0.15) is 5.10 Å². The molecule has 1 N–H and O–H groups in total. The summed E-state index contributed by atoms with van der Waals surface area (Å²) in [4.78, 5) is 32.6. The molecule has 8 nitrogen and oxygen atoms in total. The number of carbonyl (C=O) groups excluding carboxylic acids is 2. The van der Waals surface area contributed by atoms with Crippen LogP contribution < -0.4 is 10.2 Å². The summed E-state index contributed by atoms with van der Waals surface area (Å²) in [5, 5.41) is 7.88. The van der Waals surface area contributed by atoms with Gasteiger partial charge in [-0.05, 0) is 69.4 Å². The molecule has 0 unspecified atom stereocenters. The topological polar surface area (TPSA) is 89.3 Å². The van der Waals surface area contributed by atoms with Gasteiger partial charge in [-0.3, -0.25) is 4.79 Å². The van der Waals surface area contributed by atoms with Gasteiger partial charge in [-0.25, -0.2) is 14.5 Å². The molecule has 8 heteroatoms. The Bertz CT molecular complexity index is 1210. The molecule has 3 aromatic rings. The van der Waals surface area contributed by atoms with E-state index in [0.717, 1.165) is 30.0 Å². The molecule has 4 rings (SSSR count). The molecule has 180 valence electrons. The lowest BCUT2D eigenvalue weighted by Crippen LogP contribution is -2.22. The highest BCUT2D eigenvalue weighted by molar-refractivity contribution is 6.04. The minimum Gasteiger partial charge on any atom is -0.452 e. The zero-order valence-corrected chi connectivity index (χ0v) is 20.6. The average molecular weight is 464 g/mol. The maximum absolute atomic E-state index is 13.0. The molecule has 0 radical (unpaired) electrons. The smallest absolute Gasteiger partial charge is 0.339 e. The highest BCUT2D eigenvalue weighted by Gasteiger charge is 2.21. The summed E-state index contributed by atoms with van der Waals surface area (Å²) in [5.74, 6) is -0.812. The largest absolute Gasteiger partial charge is 0.452 e. The number of hydrogen-bond acceptors (Lipinski definition) is 6. The van der Waals surface area contributed by atoms with Crippen LogP contribution in [0.15, 0.2) is 30.5 Å². The van der Waals surface area contributed by atoms with Crippen molar-refractivity contribution in [2.24, 2.45) is 0 Å². The van der Waals surface area contributed by atoms with Crippen LogP contribution in [-0.4, -0.2) is 46.3 Å². The van der Waals surface area contributed by atoms with Crippen molar-refractivity contribution in [3.8, 4) is 0 Å². The third-order valence-electron chi connectivity index (χ3n) is 6.18. The molecule has 34 heavy (non-hydrogen) atoms. The Hall–Kier alpha value is -3.42. The van der Waals surface area contributed by atoms with Crippen LogP contribution in [0.25, 0.3) is 11.0 Å². The zero-order valence-electron chi connectivity index (χ0n) is 20.6. The van der Waals surface area contributed by atoms with Crippen molar-refractivity contribution in [3.05, 3.63) is 47.3 Å². The first kappa shape index (κ1) is 23.7. The number of ether oxygens (including phenoxy) is 1. The number of nitrogens with one attached hydrogen (secondary N) is 1. The van der Waals surface area contributed by atoms with Crippen LogP contribution in [-0.2, 0) is 9.53 Å². The van der Waals surface area contributed by atoms with E-state index in [1.54, 1.807) is 16.9 Å². The van der Waals surface area contributed by atoms with Gasteiger partial charge in [0.25, 0.3) is 5.91 Å². The lowest BCUT2D eigenvalue weighted by molar-refractivity contribution is -0.119. The molecule has 0 bridgehead atoms. The molecule has 0 aliphatic carbocycles. The average Bonchev–Trinajstić information content (AvgIpc) is 3.48. The summed E-state index contributed by atoms with van der Waals surface area (Å²) < 4.78 is 7.19. The molecule has 3 heterocycles. The van der Waals surface area contributed by atoms with Crippen LogP contribution in [0.1, 0.15) is 74.1 Å². The molecule has 0 atom stereocenters. The number of benzene rings is 1. The van der Waals surface area contributed by atoms with Gasteiger partial charge in [0.1, 0.15) is 0 Å². The molecule has 1 amide bonds. The highest BCUT2D eigenvalue weighted by Crippen LogP contribution is 2.26. The van der Waals surface area contributed by atoms with Crippen molar-refractivity contribution in [2.45, 2.75) is 59.4 Å². The SMILES string of the molecule is Cc1cc(N2CCCC2)ccc1NC(=O)COC(=O)c1cc(C(C)C)nc2c1cnn2C(C)C. The number of carbonyl (C=O) groups is 2. The second-order valence-electron chi connectivity index (χ2n) is 9.49. The standard InChI is InChI=1S/C26H33N5O3/c1-16(2)23-13-20(21-14-27-31(17(3)4)25(21)29-23)26(33)34-15-24(32)28-22-9-8-19(12-18(22)5)30-10-6-7-11-30/h8-9,12-14,16-17H,6-7,10-11,15H2,1-5H3,(H,28,32). The predicted octanol–water partition coefficient (Wildman–Crippen LogP) is 4.84. The van der Waals surface area contributed by atoms with Gasteiger partial charge in [0.15, 0.2) is 12.3 Å². The number of aryl methyl sites for hydroxylation is 1. The molecule has 1 saturated heterocycles. The first-order valence-electron chi connectivity index (χ1n) is 12.0. The Balaban J connectivity index is 1.46.